The second kappa shape index (κ2) is 8.18. The van der Waals surface area contributed by atoms with Gasteiger partial charge in [0.15, 0.2) is 0 Å². The zero-order valence-electron chi connectivity index (χ0n) is 15.2. The summed E-state index contributed by atoms with van der Waals surface area (Å²) in [6.07, 6.45) is -0.908. The number of hydrogen-bond donors (Lipinski definition) is 1. The maximum atomic E-state index is 12.9. The average Bonchev–Trinajstić information content (AvgIpc) is 2.59. The molecule has 0 aliphatic rings. The maximum absolute atomic E-state index is 12.9. The van der Waals surface area contributed by atoms with Gasteiger partial charge in [-0.25, -0.2) is 0 Å². The van der Waals surface area contributed by atoms with Crippen LogP contribution in [-0.4, -0.2) is 31.6 Å². The molecule has 2 rings (SSSR count). The third-order valence-electron chi connectivity index (χ3n) is 3.87. The number of aliphatic hydroxyl groups is 1. The van der Waals surface area contributed by atoms with E-state index in [0.717, 1.165) is 5.56 Å². The summed E-state index contributed by atoms with van der Waals surface area (Å²) in [6.45, 7) is 7.36. The Labute approximate surface area is 156 Å². The third-order valence-corrected chi connectivity index (χ3v) is 6.70. The van der Waals surface area contributed by atoms with Crippen LogP contribution < -0.4 is 4.46 Å². The average molecular weight is 405 g/mol. The van der Waals surface area contributed by atoms with E-state index in [1.807, 2.05) is 76.2 Å². The number of rotatable bonds is 6. The van der Waals surface area contributed by atoms with Gasteiger partial charge < -0.3 is 0 Å². The molecule has 2 aromatic carbocycles. The van der Waals surface area contributed by atoms with Crippen molar-refractivity contribution in [2.75, 3.05) is 0 Å². The molecular weight excluding hydrogens is 379 g/mol. The number of carbonyl (C=O) groups is 1. The molecular formula is C21H26O3Se. The van der Waals surface area contributed by atoms with Crippen LogP contribution >= 0.6 is 0 Å². The van der Waals surface area contributed by atoms with Crippen LogP contribution in [-0.2, 0) is 9.53 Å². The van der Waals surface area contributed by atoms with Crippen molar-refractivity contribution in [1.29, 1.82) is 0 Å². The second-order valence-corrected chi connectivity index (χ2v) is 9.53. The van der Waals surface area contributed by atoms with Gasteiger partial charge in [0, 0.05) is 0 Å². The van der Waals surface area contributed by atoms with Gasteiger partial charge in [0.05, 0.1) is 0 Å². The van der Waals surface area contributed by atoms with Crippen LogP contribution in [0.25, 0.3) is 0 Å². The third kappa shape index (κ3) is 5.43. The van der Waals surface area contributed by atoms with Gasteiger partial charge in [0.1, 0.15) is 0 Å². The Balaban J connectivity index is 2.28. The molecule has 0 aromatic heterocycles. The molecule has 0 bridgehead atoms. The Morgan fingerprint density at radius 2 is 1.52 bits per heavy atom. The van der Waals surface area contributed by atoms with Crippen molar-refractivity contribution in [2.24, 2.45) is 5.41 Å². The van der Waals surface area contributed by atoms with E-state index in [4.69, 9.17) is 4.74 Å². The van der Waals surface area contributed by atoms with Crippen molar-refractivity contribution in [3.8, 4) is 0 Å². The SMILES string of the molecule is CC(C)(C)OC(=O)[C@](C)(C[Se]c1ccccc1)[C@@H](O)c1ccccc1. The Morgan fingerprint density at radius 1 is 1.00 bits per heavy atom. The van der Waals surface area contributed by atoms with Crippen LogP contribution in [0.3, 0.4) is 0 Å². The number of hydrogen-bond acceptors (Lipinski definition) is 3. The summed E-state index contributed by atoms with van der Waals surface area (Å²) in [4.78, 5) is 12.9. The van der Waals surface area contributed by atoms with Crippen molar-refractivity contribution in [2.45, 2.75) is 44.7 Å². The van der Waals surface area contributed by atoms with Gasteiger partial charge in [-0.1, -0.05) is 0 Å². The molecule has 2 atom stereocenters. The zero-order valence-corrected chi connectivity index (χ0v) is 16.9. The van der Waals surface area contributed by atoms with E-state index in [1.165, 1.54) is 4.46 Å². The topological polar surface area (TPSA) is 46.5 Å². The van der Waals surface area contributed by atoms with Gasteiger partial charge in [0.2, 0.25) is 0 Å². The molecule has 25 heavy (non-hydrogen) atoms. The summed E-state index contributed by atoms with van der Waals surface area (Å²) >= 11 is 0.0582. The minimum atomic E-state index is -0.996. The fourth-order valence-electron chi connectivity index (χ4n) is 2.40. The summed E-state index contributed by atoms with van der Waals surface area (Å²) in [7, 11) is 0. The molecule has 0 fully saturated rings. The van der Waals surface area contributed by atoms with Gasteiger partial charge in [0.25, 0.3) is 0 Å². The summed E-state index contributed by atoms with van der Waals surface area (Å²) in [5, 5.41) is 11.6. The molecule has 2 aromatic rings. The number of esters is 1. The second-order valence-electron chi connectivity index (χ2n) is 7.33. The van der Waals surface area contributed by atoms with Crippen LogP contribution in [0, 0.1) is 5.41 Å². The van der Waals surface area contributed by atoms with Crippen LogP contribution in [0.4, 0.5) is 0 Å². The molecule has 0 aliphatic carbocycles. The molecule has 0 aliphatic heterocycles. The molecule has 0 saturated heterocycles. The molecule has 0 radical (unpaired) electrons. The molecule has 0 spiro atoms. The molecule has 0 unspecified atom stereocenters. The van der Waals surface area contributed by atoms with Crippen LogP contribution in [0.1, 0.15) is 39.4 Å². The van der Waals surface area contributed by atoms with Gasteiger partial charge in [-0.05, 0) is 0 Å². The summed E-state index contributed by atoms with van der Waals surface area (Å²) in [5.74, 6) is -0.353. The van der Waals surface area contributed by atoms with Crippen LogP contribution in [0.2, 0.25) is 5.32 Å². The minimum absolute atomic E-state index is 0.0582. The Morgan fingerprint density at radius 3 is 2.04 bits per heavy atom. The van der Waals surface area contributed by atoms with Crippen molar-refractivity contribution < 1.29 is 14.6 Å². The summed E-state index contributed by atoms with van der Waals surface area (Å²) < 4.78 is 6.84. The van der Waals surface area contributed by atoms with Crippen LogP contribution in [0.5, 0.6) is 0 Å². The molecule has 0 amide bonds. The van der Waals surface area contributed by atoms with E-state index in [9.17, 15) is 9.90 Å². The Kier molecular flexibility index (Phi) is 6.45. The van der Waals surface area contributed by atoms with Gasteiger partial charge >= 0.3 is 156 Å². The molecule has 0 heterocycles. The fourth-order valence-corrected chi connectivity index (χ4v) is 4.69. The predicted octanol–water partition coefficient (Wildman–Crippen LogP) is 3.52. The van der Waals surface area contributed by atoms with E-state index < -0.39 is 17.1 Å². The zero-order chi connectivity index (χ0) is 18.5. The number of carbonyl (C=O) groups excluding carboxylic acids is 1. The van der Waals surface area contributed by atoms with Crippen LogP contribution in [0.15, 0.2) is 60.7 Å². The Hall–Kier alpha value is -1.61. The molecule has 134 valence electrons. The first-order valence-corrected chi connectivity index (χ1v) is 10.4. The van der Waals surface area contributed by atoms with Crippen molar-refractivity contribution in [3.05, 3.63) is 66.2 Å². The molecule has 4 heteroatoms. The van der Waals surface area contributed by atoms with Gasteiger partial charge in [-0.15, -0.1) is 0 Å². The molecule has 0 saturated carbocycles. The summed E-state index contributed by atoms with van der Waals surface area (Å²) in [5.41, 5.74) is -0.848. The van der Waals surface area contributed by atoms with E-state index in [-0.39, 0.29) is 20.9 Å². The number of benzene rings is 2. The van der Waals surface area contributed by atoms with Gasteiger partial charge in [-0.2, -0.15) is 0 Å². The first-order valence-electron chi connectivity index (χ1n) is 8.37. The molecule has 1 N–H and O–H groups in total. The normalized spacial score (nSPS) is 15.2. The number of aliphatic hydroxyl groups excluding tert-OH is 1. The monoisotopic (exact) mass is 406 g/mol. The van der Waals surface area contributed by atoms with Crippen molar-refractivity contribution in [1.82, 2.24) is 0 Å². The van der Waals surface area contributed by atoms with Gasteiger partial charge in [-0.3, -0.25) is 0 Å². The predicted molar refractivity (Wildman–Crippen MR) is 102 cm³/mol. The van der Waals surface area contributed by atoms with E-state index >= 15 is 0 Å². The first-order chi connectivity index (χ1) is 11.7. The Bertz CT molecular complexity index is 679. The van der Waals surface area contributed by atoms with Crippen molar-refractivity contribution >= 4 is 25.4 Å². The first kappa shape index (κ1) is 19.7. The van der Waals surface area contributed by atoms with E-state index in [1.54, 1.807) is 0 Å². The standard InChI is InChI=1S/C21H26O3Se/c1-20(2,3)24-19(23)21(4,15-25-17-13-9-6-10-14-17)18(22)16-11-7-5-8-12-16/h5-14,18,22H,15H2,1-4H3/t18-,21+/m0/s1. The van der Waals surface area contributed by atoms with Crippen molar-refractivity contribution in [3.63, 3.8) is 0 Å². The quantitative estimate of drug-likeness (QED) is 0.591. The van der Waals surface area contributed by atoms with E-state index in [2.05, 4.69) is 12.1 Å². The molecule has 3 nitrogen and oxygen atoms in total. The number of ether oxygens (including phenoxy) is 1. The fraction of sp³-hybridized carbons (Fsp3) is 0.381. The van der Waals surface area contributed by atoms with E-state index in [0.29, 0.717) is 5.32 Å². The summed E-state index contributed by atoms with van der Waals surface area (Å²) in [6, 6.07) is 19.4.